The van der Waals surface area contributed by atoms with Gasteiger partial charge in [-0.15, -0.1) is 0 Å². The van der Waals surface area contributed by atoms with Gasteiger partial charge in [0, 0.05) is 11.2 Å². The van der Waals surface area contributed by atoms with E-state index < -0.39 is 11.7 Å². The number of fused-ring (bicyclic) bond motifs is 2. The van der Waals surface area contributed by atoms with Crippen molar-refractivity contribution in [2.45, 2.75) is 57.6 Å². The first-order chi connectivity index (χ1) is 9.88. The van der Waals surface area contributed by atoms with Crippen molar-refractivity contribution >= 4 is 11.8 Å². The van der Waals surface area contributed by atoms with E-state index in [4.69, 9.17) is 4.74 Å². The summed E-state index contributed by atoms with van der Waals surface area (Å²) in [5.41, 5.74) is 3.31. The molecule has 1 fully saturated rings. The minimum atomic E-state index is -0.474. The maximum absolute atomic E-state index is 11.8. The van der Waals surface area contributed by atoms with E-state index in [1.807, 2.05) is 26.8 Å². The van der Waals surface area contributed by atoms with Crippen LogP contribution in [0.4, 0.5) is 10.5 Å². The number of rotatable bonds is 1. The molecule has 2 aliphatic rings. The van der Waals surface area contributed by atoms with Gasteiger partial charge in [-0.25, -0.2) is 4.79 Å². The second kappa shape index (κ2) is 5.02. The molecule has 1 atom stereocenters. The molecule has 0 saturated carbocycles. The third-order valence-electron chi connectivity index (χ3n) is 4.33. The van der Waals surface area contributed by atoms with Crippen molar-refractivity contribution < 1.29 is 9.53 Å². The second-order valence-corrected chi connectivity index (χ2v) is 7.11. The summed E-state index contributed by atoms with van der Waals surface area (Å²) in [6.45, 7) is 6.71. The van der Waals surface area contributed by atoms with Crippen LogP contribution in [0.5, 0.6) is 0 Å². The molecule has 4 nitrogen and oxygen atoms in total. The third-order valence-corrected chi connectivity index (χ3v) is 4.33. The fourth-order valence-electron chi connectivity index (χ4n) is 3.35. The molecule has 0 unspecified atom stereocenters. The first-order valence-electron chi connectivity index (χ1n) is 7.76. The van der Waals surface area contributed by atoms with Crippen LogP contribution in [0.1, 0.15) is 51.2 Å². The molecule has 1 spiro atoms. The van der Waals surface area contributed by atoms with Crippen molar-refractivity contribution in [2.24, 2.45) is 0 Å². The predicted octanol–water partition coefficient (Wildman–Crippen LogP) is 3.56. The van der Waals surface area contributed by atoms with Gasteiger partial charge in [0.2, 0.25) is 0 Å². The van der Waals surface area contributed by atoms with Crippen LogP contribution in [0.3, 0.4) is 0 Å². The lowest BCUT2D eigenvalue weighted by Crippen LogP contribution is -2.55. The van der Waals surface area contributed by atoms with Gasteiger partial charge in [0.15, 0.2) is 0 Å². The molecule has 0 radical (unpaired) electrons. The number of hydrogen-bond acceptors (Lipinski definition) is 3. The Morgan fingerprint density at radius 1 is 1.33 bits per heavy atom. The SMILES string of the molecule is CC(C)(C)OC(=O)Nc1ccc2c(c1)CCC[C@]21CCN1. The Hall–Kier alpha value is -1.55. The highest BCUT2D eigenvalue weighted by Crippen LogP contribution is 2.42. The van der Waals surface area contributed by atoms with Crippen LogP contribution in [-0.2, 0) is 16.7 Å². The molecule has 1 aliphatic heterocycles. The van der Waals surface area contributed by atoms with Gasteiger partial charge in [-0.05, 0) is 76.3 Å². The van der Waals surface area contributed by atoms with Crippen molar-refractivity contribution in [1.29, 1.82) is 0 Å². The molecule has 0 aromatic heterocycles. The molecule has 114 valence electrons. The summed E-state index contributed by atoms with van der Waals surface area (Å²) in [7, 11) is 0. The first kappa shape index (κ1) is 14.4. The zero-order valence-electron chi connectivity index (χ0n) is 13.1. The average molecular weight is 288 g/mol. The number of carbonyl (C=O) groups excluding carboxylic acids is 1. The first-order valence-corrected chi connectivity index (χ1v) is 7.76. The van der Waals surface area contributed by atoms with Crippen LogP contribution >= 0.6 is 0 Å². The number of carbonyl (C=O) groups is 1. The molecule has 1 amide bonds. The highest BCUT2D eigenvalue weighted by molar-refractivity contribution is 5.85. The van der Waals surface area contributed by atoms with Crippen LogP contribution in [0, 0.1) is 0 Å². The van der Waals surface area contributed by atoms with E-state index in [0.717, 1.165) is 18.7 Å². The zero-order chi connectivity index (χ0) is 15.1. The third kappa shape index (κ3) is 2.91. The Morgan fingerprint density at radius 2 is 2.10 bits per heavy atom. The molecule has 2 N–H and O–H groups in total. The minimum Gasteiger partial charge on any atom is -0.444 e. The molecular formula is C17H24N2O2. The van der Waals surface area contributed by atoms with Gasteiger partial charge in [-0.1, -0.05) is 6.07 Å². The van der Waals surface area contributed by atoms with Gasteiger partial charge in [0.1, 0.15) is 5.60 Å². The molecule has 1 saturated heterocycles. The summed E-state index contributed by atoms with van der Waals surface area (Å²) in [6, 6.07) is 6.24. The Bertz CT molecular complexity index is 556. The lowest BCUT2D eigenvalue weighted by molar-refractivity contribution is 0.0636. The van der Waals surface area contributed by atoms with E-state index in [2.05, 4.69) is 22.8 Å². The monoisotopic (exact) mass is 288 g/mol. The summed E-state index contributed by atoms with van der Waals surface area (Å²) in [5.74, 6) is 0. The number of nitrogens with one attached hydrogen (secondary N) is 2. The number of benzene rings is 1. The van der Waals surface area contributed by atoms with Gasteiger partial charge in [0.25, 0.3) is 0 Å². The van der Waals surface area contributed by atoms with Crippen LogP contribution in [0.2, 0.25) is 0 Å². The number of aryl methyl sites for hydroxylation is 1. The largest absolute Gasteiger partial charge is 0.444 e. The molecule has 4 heteroatoms. The zero-order valence-corrected chi connectivity index (χ0v) is 13.1. The summed E-state index contributed by atoms with van der Waals surface area (Å²) in [6.07, 6.45) is 4.34. The number of amides is 1. The molecule has 3 rings (SSSR count). The Morgan fingerprint density at radius 3 is 2.71 bits per heavy atom. The number of ether oxygens (including phenoxy) is 1. The normalized spacial score (nSPS) is 24.1. The number of hydrogen-bond donors (Lipinski definition) is 2. The smallest absolute Gasteiger partial charge is 0.412 e. The van der Waals surface area contributed by atoms with Crippen LogP contribution in [0.25, 0.3) is 0 Å². The van der Waals surface area contributed by atoms with Crippen molar-refractivity contribution in [3.63, 3.8) is 0 Å². The van der Waals surface area contributed by atoms with Crippen molar-refractivity contribution in [1.82, 2.24) is 5.32 Å². The lowest BCUT2D eigenvalue weighted by Gasteiger charge is -2.47. The van der Waals surface area contributed by atoms with Crippen molar-refractivity contribution in [3.8, 4) is 0 Å². The number of anilines is 1. The molecule has 1 heterocycles. The topological polar surface area (TPSA) is 50.4 Å². The molecule has 1 aromatic carbocycles. The predicted molar refractivity (Wildman–Crippen MR) is 83.5 cm³/mol. The average Bonchev–Trinajstić information content (AvgIpc) is 2.33. The van der Waals surface area contributed by atoms with Crippen LogP contribution in [0.15, 0.2) is 18.2 Å². The van der Waals surface area contributed by atoms with E-state index in [-0.39, 0.29) is 5.54 Å². The Labute approximate surface area is 126 Å². The standard InChI is InChI=1S/C17H24N2O2/c1-16(2,3)21-15(20)19-13-6-7-14-12(11-13)5-4-8-17(14)9-10-18-17/h6-7,11,18H,4-5,8-10H2,1-3H3,(H,19,20)/t17-/m0/s1. The summed E-state index contributed by atoms with van der Waals surface area (Å²) >= 11 is 0. The van der Waals surface area contributed by atoms with Gasteiger partial charge < -0.3 is 10.1 Å². The van der Waals surface area contributed by atoms with Crippen LogP contribution in [-0.4, -0.2) is 18.2 Å². The van der Waals surface area contributed by atoms with Gasteiger partial charge >= 0.3 is 6.09 Å². The summed E-state index contributed by atoms with van der Waals surface area (Å²) in [4.78, 5) is 11.8. The molecule has 21 heavy (non-hydrogen) atoms. The van der Waals surface area contributed by atoms with Crippen LogP contribution < -0.4 is 10.6 Å². The highest BCUT2D eigenvalue weighted by Gasteiger charge is 2.41. The van der Waals surface area contributed by atoms with Gasteiger partial charge in [-0.3, -0.25) is 5.32 Å². The molecule has 1 aromatic rings. The van der Waals surface area contributed by atoms with Crippen molar-refractivity contribution in [2.75, 3.05) is 11.9 Å². The summed E-state index contributed by atoms with van der Waals surface area (Å²) in [5, 5.41) is 6.43. The lowest BCUT2D eigenvalue weighted by atomic mass is 9.71. The maximum Gasteiger partial charge on any atom is 0.412 e. The molecule has 1 aliphatic carbocycles. The van der Waals surface area contributed by atoms with Gasteiger partial charge in [-0.2, -0.15) is 0 Å². The fraction of sp³-hybridized carbons (Fsp3) is 0.588. The molecule has 0 bridgehead atoms. The van der Waals surface area contributed by atoms with E-state index in [1.165, 1.54) is 30.4 Å². The molecular weight excluding hydrogens is 264 g/mol. The second-order valence-electron chi connectivity index (χ2n) is 7.11. The summed E-state index contributed by atoms with van der Waals surface area (Å²) < 4.78 is 5.30. The Kier molecular flexibility index (Phi) is 3.44. The fourth-order valence-corrected chi connectivity index (χ4v) is 3.35. The quantitative estimate of drug-likeness (QED) is 0.830. The highest BCUT2D eigenvalue weighted by atomic mass is 16.6. The van der Waals surface area contributed by atoms with E-state index in [9.17, 15) is 4.79 Å². The van der Waals surface area contributed by atoms with E-state index >= 15 is 0 Å². The van der Waals surface area contributed by atoms with Gasteiger partial charge in [0.05, 0.1) is 0 Å². The maximum atomic E-state index is 11.8. The van der Waals surface area contributed by atoms with E-state index in [1.54, 1.807) is 0 Å². The van der Waals surface area contributed by atoms with Crippen molar-refractivity contribution in [3.05, 3.63) is 29.3 Å². The van der Waals surface area contributed by atoms with E-state index in [0.29, 0.717) is 0 Å². The minimum absolute atomic E-state index is 0.206. The Balaban J connectivity index is 1.76.